The number of benzene rings is 2. The molecule has 0 bridgehead atoms. The molecule has 6 nitrogen and oxygen atoms in total. The van der Waals surface area contributed by atoms with Gasteiger partial charge in [-0.1, -0.05) is 18.1 Å². The summed E-state index contributed by atoms with van der Waals surface area (Å²) in [6.45, 7) is 0.160. The van der Waals surface area contributed by atoms with Gasteiger partial charge in [0.05, 0.1) is 25.0 Å². The number of hydrogen-bond acceptors (Lipinski definition) is 6. The van der Waals surface area contributed by atoms with Gasteiger partial charge in [0.1, 0.15) is 6.61 Å². The average Bonchev–Trinajstić information content (AvgIpc) is 2.60. The zero-order chi connectivity index (χ0) is 17.4. The van der Waals surface area contributed by atoms with Crippen LogP contribution in [0.5, 0.6) is 11.5 Å². The van der Waals surface area contributed by atoms with E-state index in [0.29, 0.717) is 17.2 Å². The summed E-state index contributed by atoms with van der Waals surface area (Å²) in [4.78, 5) is 10.7. The summed E-state index contributed by atoms with van der Waals surface area (Å²) < 4.78 is 10.6. The summed E-state index contributed by atoms with van der Waals surface area (Å²) in [6, 6.07) is 11.4. The fraction of sp³-hybridized carbons (Fsp3) is 0.111. The Kier molecular flexibility index (Phi) is 5.81. The molecule has 122 valence electrons. The molecule has 0 radical (unpaired) electrons. The number of rotatable bonds is 7. The topological polar surface area (TPSA) is 83.0 Å². The van der Waals surface area contributed by atoms with Gasteiger partial charge in [-0.2, -0.15) is 5.10 Å². The third kappa shape index (κ3) is 4.52. The van der Waals surface area contributed by atoms with Crippen molar-refractivity contribution in [2.24, 2.45) is 5.10 Å². The maximum Gasteiger partial charge on any atom is 0.162 e. The molecule has 0 saturated carbocycles. The lowest BCUT2D eigenvalue weighted by atomic mass is 10.2. The third-order valence-corrected chi connectivity index (χ3v) is 3.03. The molecule has 0 aromatic heterocycles. The molecule has 24 heavy (non-hydrogen) atoms. The number of nitrogens with one attached hydrogen (secondary N) is 1. The fourth-order valence-corrected chi connectivity index (χ4v) is 1.87. The summed E-state index contributed by atoms with van der Waals surface area (Å²) in [7, 11) is 1.54. The molecule has 0 amide bonds. The molecule has 0 aliphatic heterocycles. The van der Waals surface area contributed by atoms with Gasteiger partial charge in [0.15, 0.2) is 11.5 Å². The molecule has 0 saturated heterocycles. The second kappa shape index (κ2) is 8.25. The lowest BCUT2D eigenvalue weighted by Gasteiger charge is -2.09. The highest BCUT2D eigenvalue weighted by Crippen LogP contribution is 2.27. The summed E-state index contributed by atoms with van der Waals surface area (Å²) >= 11 is 0. The van der Waals surface area contributed by atoms with Gasteiger partial charge in [0.2, 0.25) is 0 Å². The average molecular weight is 323 g/mol. The molecule has 0 aliphatic rings. The highest BCUT2D eigenvalue weighted by molar-refractivity contribution is 5.86. The smallest absolute Gasteiger partial charge is 0.162 e. The van der Waals surface area contributed by atoms with Crippen LogP contribution in [0.1, 0.15) is 15.9 Å². The minimum absolute atomic E-state index is 0.108. The molecule has 2 aromatic carbocycles. The van der Waals surface area contributed by atoms with Gasteiger partial charge in [-0.05, 0) is 41.5 Å². The maximum atomic E-state index is 10.7. The normalized spacial score (nSPS) is 10.2. The van der Waals surface area contributed by atoms with Crippen LogP contribution in [0.15, 0.2) is 47.6 Å². The molecular formula is C18H15N2O4-. The van der Waals surface area contributed by atoms with E-state index in [1.165, 1.54) is 19.2 Å². The van der Waals surface area contributed by atoms with Crippen molar-refractivity contribution in [3.63, 3.8) is 0 Å². The van der Waals surface area contributed by atoms with Gasteiger partial charge < -0.3 is 19.4 Å². The van der Waals surface area contributed by atoms with Crippen LogP contribution < -0.4 is 20.0 Å². The predicted molar refractivity (Wildman–Crippen MR) is 89.3 cm³/mol. The number of anilines is 1. The Balaban J connectivity index is 2.03. The van der Waals surface area contributed by atoms with E-state index in [2.05, 4.69) is 16.4 Å². The van der Waals surface area contributed by atoms with Crippen LogP contribution >= 0.6 is 0 Å². The Morgan fingerprint density at radius 1 is 1.29 bits per heavy atom. The van der Waals surface area contributed by atoms with Gasteiger partial charge in [0, 0.05) is 0 Å². The van der Waals surface area contributed by atoms with Crippen LogP contribution in [0.4, 0.5) is 5.69 Å². The molecule has 0 heterocycles. The number of carbonyl (C=O) groups excluding carboxylic acids is 1. The zero-order valence-electron chi connectivity index (χ0n) is 13.0. The van der Waals surface area contributed by atoms with Crippen molar-refractivity contribution in [2.45, 2.75) is 0 Å². The van der Waals surface area contributed by atoms with Crippen molar-refractivity contribution in [2.75, 3.05) is 19.1 Å². The molecule has 0 aliphatic carbocycles. The molecule has 2 aromatic rings. The number of aromatic carboxylic acids is 1. The molecule has 2 rings (SSSR count). The maximum absolute atomic E-state index is 10.7. The molecule has 1 N–H and O–H groups in total. The molecule has 0 unspecified atom stereocenters. The van der Waals surface area contributed by atoms with E-state index in [4.69, 9.17) is 15.9 Å². The van der Waals surface area contributed by atoms with Gasteiger partial charge in [-0.15, -0.1) is 6.42 Å². The minimum atomic E-state index is -1.22. The van der Waals surface area contributed by atoms with Crippen LogP contribution in [-0.2, 0) is 0 Å². The summed E-state index contributed by atoms with van der Waals surface area (Å²) in [5.41, 5.74) is 4.35. The summed E-state index contributed by atoms with van der Waals surface area (Å²) in [5, 5.41) is 14.8. The summed E-state index contributed by atoms with van der Waals surface area (Å²) in [6.07, 6.45) is 6.76. The van der Waals surface area contributed by atoms with E-state index in [9.17, 15) is 9.90 Å². The van der Waals surface area contributed by atoms with Crippen molar-refractivity contribution >= 4 is 17.9 Å². The first-order chi connectivity index (χ1) is 11.6. The van der Waals surface area contributed by atoms with E-state index in [1.807, 2.05) is 0 Å². The molecular weight excluding hydrogens is 308 g/mol. The Hall–Kier alpha value is -3.46. The first-order valence-electron chi connectivity index (χ1n) is 6.99. The second-order valence-corrected chi connectivity index (χ2v) is 4.64. The number of hydrazone groups is 1. The minimum Gasteiger partial charge on any atom is -0.545 e. The van der Waals surface area contributed by atoms with Crippen LogP contribution in [0.25, 0.3) is 0 Å². The number of carboxylic acid groups (broad SMARTS) is 1. The number of nitrogens with zero attached hydrogens (tertiary/aromatic N) is 1. The SMILES string of the molecule is C#CCOc1ccc(/C=N\Nc2ccc(C(=O)[O-])cc2)cc1OC. The highest BCUT2D eigenvalue weighted by atomic mass is 16.5. The van der Waals surface area contributed by atoms with Gasteiger partial charge in [-0.25, -0.2) is 0 Å². The Bertz CT molecular complexity index is 777. The van der Waals surface area contributed by atoms with Crippen LogP contribution in [0, 0.1) is 12.3 Å². The van der Waals surface area contributed by atoms with Crippen molar-refractivity contribution in [1.29, 1.82) is 0 Å². The number of ether oxygens (including phenoxy) is 2. The van der Waals surface area contributed by atoms with Crippen LogP contribution in [0.3, 0.4) is 0 Å². The quantitative estimate of drug-likeness (QED) is 0.474. The predicted octanol–water partition coefficient (Wildman–Crippen LogP) is 1.52. The van der Waals surface area contributed by atoms with Gasteiger partial charge >= 0.3 is 0 Å². The van der Waals surface area contributed by atoms with E-state index >= 15 is 0 Å². The number of terminal acetylenes is 1. The lowest BCUT2D eigenvalue weighted by Crippen LogP contribution is -2.21. The van der Waals surface area contributed by atoms with E-state index < -0.39 is 5.97 Å². The highest BCUT2D eigenvalue weighted by Gasteiger charge is 2.04. The Labute approximate surface area is 139 Å². The van der Waals surface area contributed by atoms with Gasteiger partial charge in [0.25, 0.3) is 0 Å². The van der Waals surface area contributed by atoms with E-state index in [0.717, 1.165) is 5.56 Å². The fourth-order valence-electron chi connectivity index (χ4n) is 1.87. The second-order valence-electron chi connectivity index (χ2n) is 4.64. The molecule has 0 atom stereocenters. The van der Waals surface area contributed by atoms with Crippen LogP contribution in [-0.4, -0.2) is 25.9 Å². The number of hydrogen-bond donors (Lipinski definition) is 1. The monoisotopic (exact) mass is 323 g/mol. The van der Waals surface area contributed by atoms with Crippen molar-refractivity contribution in [1.82, 2.24) is 0 Å². The van der Waals surface area contributed by atoms with Crippen molar-refractivity contribution in [3.8, 4) is 23.8 Å². The molecule has 0 fully saturated rings. The third-order valence-electron chi connectivity index (χ3n) is 3.03. The van der Waals surface area contributed by atoms with Crippen molar-refractivity contribution < 1.29 is 19.4 Å². The first-order valence-corrected chi connectivity index (χ1v) is 6.99. The lowest BCUT2D eigenvalue weighted by molar-refractivity contribution is -0.255. The van der Waals surface area contributed by atoms with E-state index in [-0.39, 0.29) is 12.2 Å². The summed E-state index contributed by atoms with van der Waals surface area (Å²) in [5.74, 6) is 2.28. The van der Waals surface area contributed by atoms with Crippen LogP contribution in [0.2, 0.25) is 0 Å². The number of carbonyl (C=O) groups is 1. The number of carboxylic acids is 1. The van der Waals surface area contributed by atoms with Gasteiger partial charge in [-0.3, -0.25) is 5.43 Å². The molecule has 6 heteroatoms. The van der Waals surface area contributed by atoms with E-state index in [1.54, 1.807) is 36.5 Å². The van der Waals surface area contributed by atoms with Crippen molar-refractivity contribution in [3.05, 3.63) is 53.6 Å². The standard InChI is InChI=1S/C18H16N2O4/c1-3-10-24-16-9-4-13(11-17(16)23-2)12-19-20-15-7-5-14(6-8-15)18(21)22/h1,4-9,11-12,20H,10H2,2H3,(H,21,22)/p-1/b19-12-. The zero-order valence-corrected chi connectivity index (χ0v) is 13.0. The Morgan fingerprint density at radius 2 is 2.04 bits per heavy atom. The molecule has 0 spiro atoms. The number of methoxy groups -OCH3 is 1. The largest absolute Gasteiger partial charge is 0.545 e. The first kappa shape index (κ1) is 16.9. The Morgan fingerprint density at radius 3 is 2.67 bits per heavy atom.